The Kier molecular flexibility index (Phi) is 4.53. The van der Waals surface area contributed by atoms with Gasteiger partial charge in [0.05, 0.1) is 6.61 Å². The van der Waals surface area contributed by atoms with Gasteiger partial charge < -0.3 is 4.74 Å². The van der Waals surface area contributed by atoms with E-state index in [-0.39, 0.29) is 0 Å². The number of hydrogen-bond donors (Lipinski definition) is 0. The van der Waals surface area contributed by atoms with E-state index in [1.54, 1.807) is 18.9 Å². The Morgan fingerprint density at radius 2 is 2.54 bits per heavy atom. The summed E-state index contributed by atoms with van der Waals surface area (Å²) in [7, 11) is 1.64. The van der Waals surface area contributed by atoms with Crippen LogP contribution in [-0.2, 0) is 4.74 Å². The molecule has 0 fully saturated rings. The van der Waals surface area contributed by atoms with Crippen molar-refractivity contribution in [1.29, 1.82) is 5.26 Å². The van der Waals surface area contributed by atoms with Crippen molar-refractivity contribution in [1.82, 2.24) is 4.37 Å². The molecule has 0 aliphatic rings. The van der Waals surface area contributed by atoms with E-state index < -0.39 is 0 Å². The number of hydrogen-bond acceptors (Lipinski definition) is 5. The van der Waals surface area contributed by atoms with Crippen LogP contribution in [0.3, 0.4) is 0 Å². The molecular weight excluding hydrogens is 228 g/mol. The minimum Gasteiger partial charge on any atom is -0.384 e. The lowest BCUT2D eigenvalue weighted by Gasteiger charge is -1.96. The fraction of sp³-hybridized carbons (Fsp3) is 0.429. The molecule has 0 bridgehead atoms. The Morgan fingerprint density at radius 3 is 3.15 bits per heavy atom. The van der Waals surface area contributed by atoms with E-state index in [4.69, 9.17) is 21.6 Å². The van der Waals surface area contributed by atoms with Gasteiger partial charge in [0.1, 0.15) is 15.8 Å². The van der Waals surface area contributed by atoms with E-state index >= 15 is 0 Å². The summed E-state index contributed by atoms with van der Waals surface area (Å²) in [5, 5.41) is 9.03. The van der Waals surface area contributed by atoms with Crippen LogP contribution in [0.2, 0.25) is 5.15 Å². The van der Waals surface area contributed by atoms with Gasteiger partial charge in [0.25, 0.3) is 0 Å². The van der Waals surface area contributed by atoms with Gasteiger partial charge in [0, 0.05) is 12.9 Å². The van der Waals surface area contributed by atoms with Crippen LogP contribution in [0.5, 0.6) is 0 Å². The number of nitrogens with zero attached hydrogens (tertiary/aromatic N) is 2. The van der Waals surface area contributed by atoms with Gasteiger partial charge in [-0.15, -0.1) is 11.8 Å². The highest BCUT2D eigenvalue weighted by Gasteiger charge is 2.11. The first-order valence-corrected chi connectivity index (χ1v) is 5.60. The van der Waals surface area contributed by atoms with Crippen molar-refractivity contribution in [2.45, 2.75) is 4.21 Å². The molecule has 0 atom stereocenters. The molecule has 3 nitrogen and oxygen atoms in total. The van der Waals surface area contributed by atoms with Crippen molar-refractivity contribution in [3.63, 3.8) is 0 Å². The maximum absolute atomic E-state index is 8.73. The summed E-state index contributed by atoms with van der Waals surface area (Å²) in [6, 6.07) is 2.03. The molecule has 0 aliphatic carbocycles. The van der Waals surface area contributed by atoms with Crippen LogP contribution < -0.4 is 0 Å². The van der Waals surface area contributed by atoms with Crippen LogP contribution in [0.1, 0.15) is 5.56 Å². The molecule has 0 amide bonds. The second-order valence-corrected chi connectivity index (χ2v) is 4.58. The molecule has 0 saturated carbocycles. The zero-order valence-electron chi connectivity index (χ0n) is 6.91. The Morgan fingerprint density at radius 1 is 1.77 bits per heavy atom. The van der Waals surface area contributed by atoms with Crippen molar-refractivity contribution in [2.75, 3.05) is 19.5 Å². The van der Waals surface area contributed by atoms with Crippen LogP contribution in [-0.4, -0.2) is 23.8 Å². The molecule has 1 rings (SSSR count). The van der Waals surface area contributed by atoms with E-state index in [1.165, 1.54) is 11.5 Å². The molecule has 0 saturated heterocycles. The van der Waals surface area contributed by atoms with E-state index in [9.17, 15) is 0 Å². The molecule has 13 heavy (non-hydrogen) atoms. The standard InChI is InChI=1S/C7H7ClN2OS2/c1-11-2-3-12-7-5(4-9)6(8)10-13-7/h2-3H2,1H3. The first-order valence-electron chi connectivity index (χ1n) is 3.46. The fourth-order valence-corrected chi connectivity index (χ4v) is 2.80. The summed E-state index contributed by atoms with van der Waals surface area (Å²) >= 11 is 8.49. The van der Waals surface area contributed by atoms with Crippen molar-refractivity contribution in [2.24, 2.45) is 0 Å². The Balaban J connectivity index is 2.62. The van der Waals surface area contributed by atoms with Crippen LogP contribution >= 0.6 is 34.9 Å². The molecule has 0 aromatic carbocycles. The highest BCUT2D eigenvalue weighted by Crippen LogP contribution is 2.31. The topological polar surface area (TPSA) is 45.9 Å². The third-order valence-corrected chi connectivity index (χ3v) is 3.68. The van der Waals surface area contributed by atoms with Gasteiger partial charge in [-0.25, -0.2) is 0 Å². The third-order valence-electron chi connectivity index (χ3n) is 1.25. The molecule has 70 valence electrons. The summed E-state index contributed by atoms with van der Waals surface area (Å²) < 4.78 is 9.65. The SMILES string of the molecule is COCCSc1snc(Cl)c1C#N. The highest BCUT2D eigenvalue weighted by molar-refractivity contribution is 8.01. The predicted molar refractivity (Wildman–Crippen MR) is 54.4 cm³/mol. The van der Waals surface area contributed by atoms with Crippen molar-refractivity contribution in [3.8, 4) is 6.07 Å². The zero-order chi connectivity index (χ0) is 9.68. The molecule has 1 aromatic heterocycles. The fourth-order valence-electron chi connectivity index (χ4n) is 0.665. The van der Waals surface area contributed by atoms with Gasteiger partial charge in [-0.1, -0.05) is 11.6 Å². The lowest BCUT2D eigenvalue weighted by Crippen LogP contribution is -1.90. The van der Waals surface area contributed by atoms with Crippen LogP contribution in [0.4, 0.5) is 0 Å². The molecule has 0 radical (unpaired) electrons. The van der Waals surface area contributed by atoms with Crippen molar-refractivity contribution < 1.29 is 4.74 Å². The molecular formula is C7H7ClN2OS2. The lowest BCUT2D eigenvalue weighted by atomic mass is 10.4. The van der Waals surface area contributed by atoms with Gasteiger partial charge >= 0.3 is 0 Å². The quantitative estimate of drug-likeness (QED) is 0.593. The third kappa shape index (κ3) is 2.85. The van der Waals surface area contributed by atoms with Crippen molar-refractivity contribution in [3.05, 3.63) is 10.7 Å². The van der Waals surface area contributed by atoms with E-state index in [0.717, 1.165) is 9.96 Å². The largest absolute Gasteiger partial charge is 0.384 e. The van der Waals surface area contributed by atoms with Crippen LogP contribution in [0.15, 0.2) is 4.21 Å². The minimum atomic E-state index is 0.299. The summed E-state index contributed by atoms with van der Waals surface area (Å²) in [6.45, 7) is 0.658. The number of aromatic nitrogens is 1. The molecule has 1 aromatic rings. The summed E-state index contributed by atoms with van der Waals surface area (Å²) in [4.78, 5) is 0. The second-order valence-electron chi connectivity index (χ2n) is 2.09. The minimum absolute atomic E-state index is 0.299. The predicted octanol–water partition coefficient (Wildman–Crippen LogP) is 2.41. The van der Waals surface area contributed by atoms with E-state index in [1.807, 2.05) is 6.07 Å². The first kappa shape index (κ1) is 10.8. The number of ether oxygens (including phenoxy) is 1. The summed E-state index contributed by atoms with van der Waals surface area (Å²) in [5.41, 5.74) is 0.479. The average Bonchev–Trinajstić information content (AvgIpc) is 2.47. The molecule has 1 heterocycles. The molecule has 6 heteroatoms. The summed E-state index contributed by atoms with van der Waals surface area (Å²) in [6.07, 6.45) is 0. The maximum Gasteiger partial charge on any atom is 0.161 e. The second kappa shape index (κ2) is 5.45. The number of thioether (sulfide) groups is 1. The Labute approximate surface area is 89.8 Å². The van der Waals surface area contributed by atoms with Crippen LogP contribution in [0, 0.1) is 11.3 Å². The lowest BCUT2D eigenvalue weighted by molar-refractivity contribution is 0.218. The van der Waals surface area contributed by atoms with E-state index in [2.05, 4.69) is 4.37 Å². The molecule has 0 N–H and O–H groups in total. The molecule has 0 spiro atoms. The number of halogens is 1. The number of rotatable bonds is 4. The van der Waals surface area contributed by atoms with Gasteiger partial charge in [-0.3, -0.25) is 0 Å². The number of methoxy groups -OCH3 is 1. The average molecular weight is 235 g/mol. The van der Waals surface area contributed by atoms with Gasteiger partial charge in [-0.05, 0) is 11.5 Å². The molecule has 0 unspecified atom stereocenters. The zero-order valence-corrected chi connectivity index (χ0v) is 9.30. The monoisotopic (exact) mass is 234 g/mol. The Bertz CT molecular complexity index is 321. The first-order chi connectivity index (χ1) is 6.29. The smallest absolute Gasteiger partial charge is 0.161 e. The van der Waals surface area contributed by atoms with Gasteiger partial charge in [-0.2, -0.15) is 9.64 Å². The Hall–Kier alpha value is -0.280. The molecule has 0 aliphatic heterocycles. The maximum atomic E-state index is 8.73. The van der Waals surface area contributed by atoms with E-state index in [0.29, 0.717) is 17.3 Å². The highest BCUT2D eigenvalue weighted by atomic mass is 35.5. The number of nitriles is 1. The summed E-state index contributed by atoms with van der Waals surface area (Å²) in [5.74, 6) is 0.809. The van der Waals surface area contributed by atoms with Crippen LogP contribution in [0.25, 0.3) is 0 Å². The van der Waals surface area contributed by atoms with Gasteiger partial charge in [0.2, 0.25) is 0 Å². The normalized spacial score (nSPS) is 9.92. The van der Waals surface area contributed by atoms with Crippen molar-refractivity contribution >= 4 is 34.9 Å². The van der Waals surface area contributed by atoms with Gasteiger partial charge in [0.15, 0.2) is 5.15 Å².